The predicted octanol–water partition coefficient (Wildman–Crippen LogP) is 5.64. The fourth-order valence-electron chi connectivity index (χ4n) is 2.02. The van der Waals surface area contributed by atoms with E-state index in [0.29, 0.717) is 16.3 Å². The van der Waals surface area contributed by atoms with Gasteiger partial charge in [-0.25, -0.2) is 4.79 Å². The van der Waals surface area contributed by atoms with Crippen LogP contribution in [-0.4, -0.2) is 5.97 Å². The molecule has 0 saturated heterocycles. The lowest BCUT2D eigenvalue weighted by atomic mass is 10.0. The SMILES string of the molecule is Cc1ccc(C(C)C)c(OC(=O)c2ccc(Cl)cc2Cl)c1. The lowest BCUT2D eigenvalue weighted by Gasteiger charge is -2.14. The van der Waals surface area contributed by atoms with Crippen molar-refractivity contribution in [2.45, 2.75) is 26.7 Å². The minimum absolute atomic E-state index is 0.258. The maximum absolute atomic E-state index is 12.3. The van der Waals surface area contributed by atoms with Crippen molar-refractivity contribution in [3.8, 4) is 5.75 Å². The Labute approximate surface area is 134 Å². The molecule has 21 heavy (non-hydrogen) atoms. The van der Waals surface area contributed by atoms with Crippen molar-refractivity contribution in [2.24, 2.45) is 0 Å². The van der Waals surface area contributed by atoms with Crippen molar-refractivity contribution in [1.82, 2.24) is 0 Å². The normalized spacial score (nSPS) is 10.8. The summed E-state index contributed by atoms with van der Waals surface area (Å²) >= 11 is 11.9. The van der Waals surface area contributed by atoms with Crippen LogP contribution in [0, 0.1) is 6.92 Å². The highest BCUT2D eigenvalue weighted by Gasteiger charge is 2.16. The molecular formula is C17H16Cl2O2. The van der Waals surface area contributed by atoms with Crippen LogP contribution in [0.1, 0.15) is 41.3 Å². The molecule has 2 aromatic carbocycles. The van der Waals surface area contributed by atoms with E-state index in [4.69, 9.17) is 27.9 Å². The zero-order valence-corrected chi connectivity index (χ0v) is 13.6. The van der Waals surface area contributed by atoms with Crippen molar-refractivity contribution in [3.63, 3.8) is 0 Å². The van der Waals surface area contributed by atoms with E-state index >= 15 is 0 Å². The minimum atomic E-state index is -0.482. The third-order valence-corrected chi connectivity index (χ3v) is 3.69. The minimum Gasteiger partial charge on any atom is -0.423 e. The van der Waals surface area contributed by atoms with E-state index in [9.17, 15) is 4.79 Å². The number of rotatable bonds is 3. The molecule has 0 bridgehead atoms. The standard InChI is InChI=1S/C17H16Cl2O2/c1-10(2)13-6-4-11(3)8-16(13)21-17(20)14-7-5-12(18)9-15(14)19/h4-10H,1-3H3. The molecular weight excluding hydrogens is 307 g/mol. The third kappa shape index (κ3) is 3.78. The predicted molar refractivity (Wildman–Crippen MR) is 86.7 cm³/mol. The first kappa shape index (κ1) is 15.9. The van der Waals surface area contributed by atoms with Crippen molar-refractivity contribution >= 4 is 29.2 Å². The Morgan fingerprint density at radius 2 is 1.81 bits per heavy atom. The van der Waals surface area contributed by atoms with E-state index in [1.54, 1.807) is 12.1 Å². The summed E-state index contributed by atoms with van der Waals surface area (Å²) in [5.74, 6) is 0.347. The maximum atomic E-state index is 12.3. The van der Waals surface area contributed by atoms with Crippen LogP contribution < -0.4 is 4.74 Å². The van der Waals surface area contributed by atoms with Crippen LogP contribution in [0.4, 0.5) is 0 Å². The first-order valence-corrected chi connectivity index (χ1v) is 7.42. The summed E-state index contributed by atoms with van der Waals surface area (Å²) in [4.78, 5) is 12.3. The number of hydrogen-bond acceptors (Lipinski definition) is 2. The fraction of sp³-hybridized carbons (Fsp3) is 0.235. The van der Waals surface area contributed by atoms with Gasteiger partial charge in [0, 0.05) is 5.02 Å². The van der Waals surface area contributed by atoms with Gasteiger partial charge >= 0.3 is 5.97 Å². The number of ether oxygens (including phenoxy) is 1. The molecule has 2 rings (SSSR count). The number of aryl methyl sites for hydroxylation is 1. The monoisotopic (exact) mass is 322 g/mol. The Balaban J connectivity index is 2.33. The van der Waals surface area contributed by atoms with Crippen LogP contribution in [-0.2, 0) is 0 Å². The molecule has 0 aromatic heterocycles. The average Bonchev–Trinajstić information content (AvgIpc) is 2.37. The second-order valence-electron chi connectivity index (χ2n) is 5.21. The van der Waals surface area contributed by atoms with Gasteiger partial charge in [-0.15, -0.1) is 0 Å². The van der Waals surface area contributed by atoms with Gasteiger partial charge in [-0.3, -0.25) is 0 Å². The smallest absolute Gasteiger partial charge is 0.345 e. The number of benzene rings is 2. The van der Waals surface area contributed by atoms with E-state index in [2.05, 4.69) is 13.8 Å². The number of carbonyl (C=O) groups is 1. The quantitative estimate of drug-likeness (QED) is 0.539. The zero-order valence-electron chi connectivity index (χ0n) is 12.1. The Kier molecular flexibility index (Phi) is 4.92. The van der Waals surface area contributed by atoms with Crippen LogP contribution in [0.15, 0.2) is 36.4 Å². The molecule has 0 aliphatic heterocycles. The molecule has 0 saturated carbocycles. The highest BCUT2D eigenvalue weighted by Crippen LogP contribution is 2.29. The first-order chi connectivity index (χ1) is 9.88. The number of hydrogen-bond donors (Lipinski definition) is 0. The Morgan fingerprint density at radius 1 is 1.10 bits per heavy atom. The molecule has 0 fully saturated rings. The molecule has 0 aliphatic carbocycles. The Morgan fingerprint density at radius 3 is 2.43 bits per heavy atom. The number of esters is 1. The highest BCUT2D eigenvalue weighted by molar-refractivity contribution is 6.36. The molecule has 110 valence electrons. The lowest BCUT2D eigenvalue weighted by Crippen LogP contribution is -2.11. The molecule has 0 amide bonds. The molecule has 2 aromatic rings. The second kappa shape index (κ2) is 6.50. The Hall–Kier alpha value is -1.51. The molecule has 2 nitrogen and oxygen atoms in total. The van der Waals surface area contributed by atoms with E-state index in [1.807, 2.05) is 25.1 Å². The summed E-state index contributed by atoms with van der Waals surface area (Å²) in [5, 5.41) is 0.765. The van der Waals surface area contributed by atoms with Crippen LogP contribution in [0.3, 0.4) is 0 Å². The van der Waals surface area contributed by atoms with Crippen LogP contribution >= 0.6 is 23.2 Å². The molecule has 4 heteroatoms. The molecule has 0 aliphatic rings. The maximum Gasteiger partial charge on any atom is 0.345 e. The van der Waals surface area contributed by atoms with Gasteiger partial charge in [-0.1, -0.05) is 49.2 Å². The van der Waals surface area contributed by atoms with E-state index < -0.39 is 5.97 Å². The van der Waals surface area contributed by atoms with Gasteiger partial charge in [-0.2, -0.15) is 0 Å². The van der Waals surface area contributed by atoms with Crippen molar-refractivity contribution in [1.29, 1.82) is 0 Å². The van der Waals surface area contributed by atoms with Crippen LogP contribution in [0.2, 0.25) is 10.0 Å². The van der Waals surface area contributed by atoms with Gasteiger partial charge in [0.2, 0.25) is 0 Å². The van der Waals surface area contributed by atoms with Gasteiger partial charge in [0.05, 0.1) is 10.6 Å². The largest absolute Gasteiger partial charge is 0.423 e. The van der Waals surface area contributed by atoms with E-state index in [0.717, 1.165) is 11.1 Å². The lowest BCUT2D eigenvalue weighted by molar-refractivity contribution is 0.0733. The zero-order chi connectivity index (χ0) is 15.6. The topological polar surface area (TPSA) is 26.3 Å². The van der Waals surface area contributed by atoms with Gasteiger partial charge in [-0.05, 0) is 48.2 Å². The molecule has 0 atom stereocenters. The van der Waals surface area contributed by atoms with Crippen LogP contribution in [0.25, 0.3) is 0 Å². The molecule has 0 N–H and O–H groups in total. The van der Waals surface area contributed by atoms with Gasteiger partial charge in [0.15, 0.2) is 0 Å². The van der Waals surface area contributed by atoms with E-state index in [-0.39, 0.29) is 10.9 Å². The van der Waals surface area contributed by atoms with Gasteiger partial charge in [0.25, 0.3) is 0 Å². The summed E-state index contributed by atoms with van der Waals surface area (Å²) in [5.41, 5.74) is 2.32. The summed E-state index contributed by atoms with van der Waals surface area (Å²) < 4.78 is 5.53. The summed E-state index contributed by atoms with van der Waals surface area (Å²) in [6, 6.07) is 10.5. The molecule has 0 unspecified atom stereocenters. The highest BCUT2D eigenvalue weighted by atomic mass is 35.5. The van der Waals surface area contributed by atoms with Crippen molar-refractivity contribution < 1.29 is 9.53 Å². The second-order valence-corrected chi connectivity index (χ2v) is 6.05. The number of halogens is 2. The summed E-state index contributed by atoms with van der Waals surface area (Å²) in [7, 11) is 0. The average molecular weight is 323 g/mol. The summed E-state index contributed by atoms with van der Waals surface area (Å²) in [6.07, 6.45) is 0. The first-order valence-electron chi connectivity index (χ1n) is 6.66. The number of carbonyl (C=O) groups excluding carboxylic acids is 1. The van der Waals surface area contributed by atoms with Crippen molar-refractivity contribution in [3.05, 3.63) is 63.1 Å². The van der Waals surface area contributed by atoms with Gasteiger partial charge in [0.1, 0.15) is 5.75 Å². The van der Waals surface area contributed by atoms with Crippen molar-refractivity contribution in [2.75, 3.05) is 0 Å². The molecule has 0 spiro atoms. The van der Waals surface area contributed by atoms with Crippen LogP contribution in [0.5, 0.6) is 5.75 Å². The van der Waals surface area contributed by atoms with E-state index in [1.165, 1.54) is 6.07 Å². The fourth-order valence-corrected chi connectivity index (χ4v) is 2.50. The Bertz CT molecular complexity index is 678. The van der Waals surface area contributed by atoms with Gasteiger partial charge < -0.3 is 4.74 Å². The summed E-state index contributed by atoms with van der Waals surface area (Å²) in [6.45, 7) is 6.06. The molecule has 0 radical (unpaired) electrons. The molecule has 0 heterocycles. The third-order valence-electron chi connectivity index (χ3n) is 3.14.